The lowest BCUT2D eigenvalue weighted by atomic mass is 10.1. The fourth-order valence-electron chi connectivity index (χ4n) is 4.77. The smallest absolute Gasteiger partial charge is 0.156 e. The van der Waals surface area contributed by atoms with Crippen LogP contribution in [0.15, 0.2) is 57.6 Å². The Hall–Kier alpha value is -4.17. The van der Waals surface area contributed by atoms with Gasteiger partial charge in [0.25, 0.3) is 0 Å². The van der Waals surface area contributed by atoms with Gasteiger partial charge in [0.1, 0.15) is 28.9 Å². The minimum absolute atomic E-state index is 0.0963. The van der Waals surface area contributed by atoms with Crippen LogP contribution >= 0.6 is 0 Å². The van der Waals surface area contributed by atoms with Gasteiger partial charge in [-0.2, -0.15) is 5.26 Å². The van der Waals surface area contributed by atoms with Crippen molar-refractivity contribution in [2.45, 2.75) is 37.9 Å². The molecule has 3 aromatic rings. The number of hydrogen-bond acceptors (Lipinski definition) is 14. The standard InChI is InChI=1S/C33H45N7O7S/c1-22(42)20-40(21-23(2)43)12-16-48(44)30-18-28(45-4)27(17-29(30)46-5)38-39-31-24(3)26(19-34)32(36-25-9-7-6-8-10-25)37-33(31)35-11-14-47-15-13-41/h6-10,17-18,22-23,41-43H,11-16,20-21H2,1-5H3,(H2,35,36,37). The maximum absolute atomic E-state index is 13.4. The number of nitriles is 1. The van der Waals surface area contributed by atoms with E-state index in [0.717, 1.165) is 5.69 Å². The summed E-state index contributed by atoms with van der Waals surface area (Å²) in [5.74, 6) is 1.53. The largest absolute Gasteiger partial charge is 0.495 e. The van der Waals surface area contributed by atoms with Gasteiger partial charge in [0, 0.05) is 55.3 Å². The lowest BCUT2D eigenvalue weighted by Gasteiger charge is -2.24. The Bertz CT molecular complexity index is 1560. The van der Waals surface area contributed by atoms with E-state index in [0.29, 0.717) is 77.8 Å². The maximum atomic E-state index is 13.4. The summed E-state index contributed by atoms with van der Waals surface area (Å²) < 4.78 is 30.0. The molecule has 0 fully saturated rings. The van der Waals surface area contributed by atoms with Crippen LogP contribution in [0.1, 0.15) is 25.0 Å². The molecule has 0 bridgehead atoms. The summed E-state index contributed by atoms with van der Waals surface area (Å²) in [5, 5.41) is 54.1. The zero-order valence-electron chi connectivity index (χ0n) is 28.0. The Morgan fingerprint density at radius 2 is 1.71 bits per heavy atom. The van der Waals surface area contributed by atoms with Gasteiger partial charge >= 0.3 is 0 Å². The van der Waals surface area contributed by atoms with E-state index in [1.165, 1.54) is 14.2 Å². The third kappa shape index (κ3) is 11.2. The molecule has 0 radical (unpaired) electrons. The molecule has 0 aliphatic heterocycles. The molecular weight excluding hydrogens is 638 g/mol. The number of rotatable bonds is 20. The summed E-state index contributed by atoms with van der Waals surface area (Å²) in [6, 6.07) is 14.7. The highest BCUT2D eigenvalue weighted by Gasteiger charge is 2.21. The van der Waals surface area contributed by atoms with Gasteiger partial charge in [-0.1, -0.05) is 18.2 Å². The van der Waals surface area contributed by atoms with E-state index in [9.17, 15) is 19.7 Å². The number of nitrogens with zero attached hydrogens (tertiary/aromatic N) is 5. The van der Waals surface area contributed by atoms with E-state index in [1.807, 2.05) is 35.2 Å². The predicted molar refractivity (Wildman–Crippen MR) is 185 cm³/mol. The van der Waals surface area contributed by atoms with E-state index < -0.39 is 23.0 Å². The van der Waals surface area contributed by atoms with Gasteiger partial charge in [-0.15, -0.1) is 10.2 Å². The number of aliphatic hydroxyl groups excluding tert-OH is 3. The average molecular weight is 684 g/mol. The van der Waals surface area contributed by atoms with Crippen LogP contribution in [0.5, 0.6) is 11.5 Å². The Labute approximate surface area is 283 Å². The molecule has 48 heavy (non-hydrogen) atoms. The van der Waals surface area contributed by atoms with E-state index in [1.54, 1.807) is 32.9 Å². The zero-order valence-corrected chi connectivity index (χ0v) is 28.8. The minimum atomic E-state index is -1.52. The number of anilines is 3. The van der Waals surface area contributed by atoms with Crippen molar-refractivity contribution in [3.05, 3.63) is 53.6 Å². The Morgan fingerprint density at radius 1 is 1.02 bits per heavy atom. The fraction of sp³-hybridized carbons (Fsp3) is 0.455. The van der Waals surface area contributed by atoms with Crippen molar-refractivity contribution in [3.63, 3.8) is 0 Å². The summed E-state index contributed by atoms with van der Waals surface area (Å²) >= 11 is 0. The zero-order chi connectivity index (χ0) is 35.1. The molecule has 0 saturated heterocycles. The van der Waals surface area contributed by atoms with Gasteiger partial charge in [-0.25, -0.2) is 4.98 Å². The van der Waals surface area contributed by atoms with Crippen LogP contribution in [0.25, 0.3) is 0 Å². The molecule has 2 aromatic carbocycles. The lowest BCUT2D eigenvalue weighted by Crippen LogP contribution is -2.38. The van der Waals surface area contributed by atoms with Crippen molar-refractivity contribution < 1.29 is 33.7 Å². The molecule has 260 valence electrons. The first kappa shape index (κ1) is 38.3. The molecule has 0 spiro atoms. The second kappa shape index (κ2) is 19.6. The molecule has 3 atom stereocenters. The highest BCUT2D eigenvalue weighted by Crippen LogP contribution is 2.40. The van der Waals surface area contributed by atoms with Gasteiger partial charge in [0.2, 0.25) is 0 Å². The van der Waals surface area contributed by atoms with Crippen molar-refractivity contribution in [3.8, 4) is 17.6 Å². The number of hydrogen-bond donors (Lipinski definition) is 5. The molecule has 3 rings (SSSR count). The third-order valence-corrected chi connectivity index (χ3v) is 8.31. The fourth-order valence-corrected chi connectivity index (χ4v) is 6.02. The van der Waals surface area contributed by atoms with Crippen molar-refractivity contribution in [2.24, 2.45) is 10.2 Å². The highest BCUT2D eigenvalue weighted by molar-refractivity contribution is 7.85. The maximum Gasteiger partial charge on any atom is 0.156 e. The van der Waals surface area contributed by atoms with Gasteiger partial charge < -0.3 is 40.2 Å². The summed E-state index contributed by atoms with van der Waals surface area (Å²) in [5.41, 5.74) is 2.17. The number of aromatic nitrogens is 1. The predicted octanol–water partition coefficient (Wildman–Crippen LogP) is 4.03. The van der Waals surface area contributed by atoms with Crippen LogP contribution in [0.2, 0.25) is 0 Å². The molecule has 0 aliphatic rings. The number of aliphatic hydroxyl groups is 3. The Kier molecular flexibility index (Phi) is 15.6. The Balaban J connectivity index is 1.97. The molecule has 1 aromatic heterocycles. The van der Waals surface area contributed by atoms with Gasteiger partial charge in [-0.05, 0) is 32.9 Å². The highest BCUT2D eigenvalue weighted by atomic mass is 32.2. The molecule has 14 nitrogen and oxygen atoms in total. The van der Waals surface area contributed by atoms with Gasteiger partial charge in [0.15, 0.2) is 11.6 Å². The SMILES string of the molecule is COc1cc(S(=O)CCN(CC(C)O)CC(C)O)c(OC)cc1N=Nc1c(NCCOCCO)nc(Nc2ccccc2)c(C#N)c1C. The monoisotopic (exact) mass is 683 g/mol. The van der Waals surface area contributed by atoms with Crippen LogP contribution in [-0.2, 0) is 15.5 Å². The van der Waals surface area contributed by atoms with Crippen molar-refractivity contribution in [1.82, 2.24) is 9.88 Å². The normalized spacial score (nSPS) is 13.2. The summed E-state index contributed by atoms with van der Waals surface area (Å²) in [7, 11) is 1.41. The number of pyridine rings is 1. The summed E-state index contributed by atoms with van der Waals surface area (Å²) in [6.45, 7) is 6.84. The van der Waals surface area contributed by atoms with Crippen LogP contribution in [0, 0.1) is 18.3 Å². The second-order valence-corrected chi connectivity index (χ2v) is 12.4. The van der Waals surface area contributed by atoms with Crippen molar-refractivity contribution in [1.29, 1.82) is 5.26 Å². The number of ether oxygens (including phenoxy) is 3. The van der Waals surface area contributed by atoms with Gasteiger partial charge in [-0.3, -0.25) is 9.11 Å². The molecule has 1 heterocycles. The van der Waals surface area contributed by atoms with Crippen molar-refractivity contribution >= 4 is 39.5 Å². The molecule has 3 unspecified atom stereocenters. The molecule has 0 amide bonds. The minimum Gasteiger partial charge on any atom is -0.495 e. The summed E-state index contributed by atoms with van der Waals surface area (Å²) in [4.78, 5) is 6.93. The van der Waals surface area contributed by atoms with E-state index in [2.05, 4.69) is 31.9 Å². The van der Waals surface area contributed by atoms with Crippen LogP contribution in [-0.4, -0.2) is 108 Å². The van der Waals surface area contributed by atoms with E-state index in [4.69, 9.17) is 19.3 Å². The van der Waals surface area contributed by atoms with Crippen LogP contribution in [0.3, 0.4) is 0 Å². The Morgan fingerprint density at radius 3 is 2.31 bits per heavy atom. The summed E-state index contributed by atoms with van der Waals surface area (Å²) in [6.07, 6.45) is -1.21. The first-order valence-electron chi connectivity index (χ1n) is 15.5. The number of azo groups is 1. The second-order valence-electron chi connectivity index (χ2n) is 10.9. The topological polar surface area (TPSA) is 194 Å². The first-order valence-corrected chi connectivity index (χ1v) is 16.8. The van der Waals surface area contributed by atoms with Crippen molar-refractivity contribution in [2.75, 3.05) is 76.6 Å². The number of benzene rings is 2. The van der Waals surface area contributed by atoms with E-state index >= 15 is 0 Å². The third-order valence-electron chi connectivity index (χ3n) is 6.94. The van der Waals surface area contributed by atoms with E-state index in [-0.39, 0.29) is 24.5 Å². The molecule has 0 saturated carbocycles. The van der Waals surface area contributed by atoms with Crippen LogP contribution < -0.4 is 20.1 Å². The quantitative estimate of drug-likeness (QED) is 0.0849. The molecule has 5 N–H and O–H groups in total. The lowest BCUT2D eigenvalue weighted by molar-refractivity contribution is 0.0874. The average Bonchev–Trinajstić information content (AvgIpc) is 3.06. The molecular formula is C33H45N7O7S. The molecule has 0 aliphatic carbocycles. The number of para-hydroxylation sites is 1. The van der Waals surface area contributed by atoms with Crippen LogP contribution in [0.4, 0.5) is 28.7 Å². The number of nitrogens with one attached hydrogen (secondary N) is 2. The molecule has 15 heteroatoms. The van der Waals surface area contributed by atoms with Gasteiger partial charge in [0.05, 0.1) is 67.5 Å². The number of methoxy groups -OCH3 is 2. The first-order chi connectivity index (χ1) is 23.1.